The summed E-state index contributed by atoms with van der Waals surface area (Å²) in [6.07, 6.45) is 3.40. The number of rotatable bonds is 5. The zero-order valence-electron chi connectivity index (χ0n) is 11.3. The van der Waals surface area contributed by atoms with Crippen LogP contribution < -0.4 is 15.8 Å². The molecule has 2 rings (SSSR count). The highest BCUT2D eigenvalue weighted by Gasteiger charge is 2.14. The number of nitrogens with zero attached hydrogens (tertiary/aromatic N) is 2. The molecule has 0 amide bonds. The van der Waals surface area contributed by atoms with Crippen molar-refractivity contribution in [1.29, 1.82) is 0 Å². The van der Waals surface area contributed by atoms with E-state index in [9.17, 15) is 8.42 Å². The quantitative estimate of drug-likeness (QED) is 0.715. The van der Waals surface area contributed by atoms with Crippen molar-refractivity contribution in [3.05, 3.63) is 30.6 Å². The van der Waals surface area contributed by atoms with Crippen LogP contribution >= 0.6 is 0 Å². The van der Waals surface area contributed by atoms with Gasteiger partial charge >= 0.3 is 0 Å². The highest BCUT2D eigenvalue weighted by molar-refractivity contribution is 7.89. The lowest BCUT2D eigenvalue weighted by molar-refractivity contribution is 0.584. The van der Waals surface area contributed by atoms with Gasteiger partial charge in [-0.05, 0) is 18.2 Å². The third-order valence-electron chi connectivity index (χ3n) is 2.65. The van der Waals surface area contributed by atoms with Crippen molar-refractivity contribution in [3.8, 4) is 0 Å². The molecule has 0 atom stereocenters. The Morgan fingerprint density at radius 2 is 2.15 bits per heavy atom. The lowest BCUT2D eigenvalue weighted by atomic mass is 10.2. The van der Waals surface area contributed by atoms with Gasteiger partial charge < -0.3 is 11.1 Å². The predicted molar refractivity (Wildman–Crippen MR) is 78.2 cm³/mol. The molecule has 0 radical (unpaired) electrons. The first kappa shape index (κ1) is 14.4. The second-order valence-corrected chi connectivity index (χ2v) is 6.05. The Bertz CT molecular complexity index is 708. The van der Waals surface area contributed by atoms with E-state index in [2.05, 4.69) is 15.1 Å². The van der Waals surface area contributed by atoms with Crippen molar-refractivity contribution < 1.29 is 8.42 Å². The summed E-state index contributed by atoms with van der Waals surface area (Å²) >= 11 is 0. The van der Waals surface area contributed by atoms with Gasteiger partial charge in [0.05, 0.1) is 28.2 Å². The van der Waals surface area contributed by atoms with Crippen LogP contribution in [-0.4, -0.2) is 24.7 Å². The van der Waals surface area contributed by atoms with Gasteiger partial charge in [0.1, 0.15) is 0 Å². The summed E-state index contributed by atoms with van der Waals surface area (Å²) in [5, 5.41) is 7.07. The topological polar surface area (TPSA) is 102 Å². The van der Waals surface area contributed by atoms with Crippen molar-refractivity contribution in [2.24, 2.45) is 7.05 Å². The SMILES string of the molecule is CCNS(=O)(=O)c1ccc(N)c(Nc2cnn(C)c2)c1. The Kier molecular flexibility index (Phi) is 3.96. The van der Waals surface area contributed by atoms with E-state index < -0.39 is 10.0 Å². The van der Waals surface area contributed by atoms with Gasteiger partial charge in [-0.25, -0.2) is 13.1 Å². The zero-order chi connectivity index (χ0) is 14.8. The Labute approximate surface area is 117 Å². The molecule has 108 valence electrons. The maximum Gasteiger partial charge on any atom is 0.240 e. The van der Waals surface area contributed by atoms with Gasteiger partial charge in [-0.2, -0.15) is 5.10 Å². The summed E-state index contributed by atoms with van der Waals surface area (Å²) in [6.45, 7) is 2.06. The molecule has 4 N–H and O–H groups in total. The number of sulfonamides is 1. The van der Waals surface area contributed by atoms with E-state index in [0.29, 0.717) is 17.9 Å². The van der Waals surface area contributed by atoms with Crippen LogP contribution in [0.15, 0.2) is 35.5 Å². The fourth-order valence-electron chi connectivity index (χ4n) is 1.73. The number of nitrogen functional groups attached to an aromatic ring is 1. The fraction of sp³-hybridized carbons (Fsp3) is 0.250. The molecule has 0 unspecified atom stereocenters. The summed E-state index contributed by atoms with van der Waals surface area (Å²) in [7, 11) is -1.71. The summed E-state index contributed by atoms with van der Waals surface area (Å²) in [6, 6.07) is 4.53. The van der Waals surface area contributed by atoms with Crippen LogP contribution in [0.3, 0.4) is 0 Å². The monoisotopic (exact) mass is 295 g/mol. The molecule has 20 heavy (non-hydrogen) atoms. The molecule has 0 spiro atoms. The Morgan fingerprint density at radius 3 is 2.75 bits per heavy atom. The number of nitrogens with one attached hydrogen (secondary N) is 2. The smallest absolute Gasteiger partial charge is 0.240 e. The third-order valence-corrected chi connectivity index (χ3v) is 4.20. The van der Waals surface area contributed by atoms with E-state index in [1.165, 1.54) is 12.1 Å². The normalized spacial score (nSPS) is 11.5. The highest BCUT2D eigenvalue weighted by atomic mass is 32.2. The van der Waals surface area contributed by atoms with Crippen molar-refractivity contribution in [2.45, 2.75) is 11.8 Å². The van der Waals surface area contributed by atoms with Gasteiger partial charge in [0, 0.05) is 19.8 Å². The van der Waals surface area contributed by atoms with Crippen LogP contribution in [0.2, 0.25) is 0 Å². The molecule has 0 saturated carbocycles. The van der Waals surface area contributed by atoms with E-state index in [-0.39, 0.29) is 4.90 Å². The Morgan fingerprint density at radius 1 is 1.40 bits per heavy atom. The predicted octanol–water partition coefficient (Wildman–Crippen LogP) is 1.04. The molecule has 2 aromatic rings. The van der Waals surface area contributed by atoms with Crippen LogP contribution in [-0.2, 0) is 17.1 Å². The second-order valence-electron chi connectivity index (χ2n) is 4.28. The molecule has 0 aliphatic rings. The fourth-order valence-corrected chi connectivity index (χ4v) is 2.79. The molecule has 0 saturated heterocycles. The second kappa shape index (κ2) is 5.51. The lowest BCUT2D eigenvalue weighted by Crippen LogP contribution is -2.23. The van der Waals surface area contributed by atoms with E-state index in [1.807, 2.05) is 0 Å². The van der Waals surface area contributed by atoms with E-state index in [1.54, 1.807) is 37.1 Å². The molecular formula is C12H17N5O2S. The first-order valence-electron chi connectivity index (χ1n) is 6.07. The van der Waals surface area contributed by atoms with E-state index >= 15 is 0 Å². The Hall–Kier alpha value is -2.06. The van der Waals surface area contributed by atoms with Gasteiger partial charge in [-0.15, -0.1) is 0 Å². The standard InChI is InChI=1S/C12H17N5O2S/c1-3-15-20(18,19)10-4-5-11(13)12(6-10)16-9-7-14-17(2)8-9/h4-8,15-16H,3,13H2,1-2H3. The average Bonchev–Trinajstić information content (AvgIpc) is 2.77. The van der Waals surface area contributed by atoms with Gasteiger partial charge in [-0.3, -0.25) is 4.68 Å². The number of hydrogen-bond acceptors (Lipinski definition) is 5. The van der Waals surface area contributed by atoms with E-state index in [4.69, 9.17) is 5.73 Å². The average molecular weight is 295 g/mol. The summed E-state index contributed by atoms with van der Waals surface area (Å²) in [5.74, 6) is 0. The largest absolute Gasteiger partial charge is 0.397 e. The number of hydrogen-bond donors (Lipinski definition) is 3. The summed E-state index contributed by atoms with van der Waals surface area (Å²) in [5.41, 5.74) is 7.58. The lowest BCUT2D eigenvalue weighted by Gasteiger charge is -2.10. The molecular weight excluding hydrogens is 278 g/mol. The maximum atomic E-state index is 12.0. The van der Waals surface area contributed by atoms with Gasteiger partial charge in [0.25, 0.3) is 0 Å². The van der Waals surface area contributed by atoms with Gasteiger partial charge in [-0.1, -0.05) is 6.92 Å². The molecule has 0 aliphatic heterocycles. The molecule has 1 aromatic heterocycles. The molecule has 0 fully saturated rings. The van der Waals surface area contributed by atoms with Crippen molar-refractivity contribution in [2.75, 3.05) is 17.6 Å². The van der Waals surface area contributed by atoms with E-state index in [0.717, 1.165) is 5.69 Å². The third kappa shape index (κ3) is 3.09. The molecule has 0 aliphatic carbocycles. The van der Waals surface area contributed by atoms with Crippen LogP contribution in [0.1, 0.15) is 6.92 Å². The van der Waals surface area contributed by atoms with Crippen LogP contribution in [0.25, 0.3) is 0 Å². The Balaban J connectivity index is 2.34. The highest BCUT2D eigenvalue weighted by Crippen LogP contribution is 2.26. The van der Waals surface area contributed by atoms with Crippen molar-refractivity contribution >= 4 is 27.1 Å². The molecule has 8 heteroatoms. The maximum absolute atomic E-state index is 12.0. The van der Waals surface area contributed by atoms with Gasteiger partial charge in [0.15, 0.2) is 0 Å². The number of aromatic nitrogens is 2. The number of aryl methyl sites for hydroxylation is 1. The summed E-state index contributed by atoms with van der Waals surface area (Å²) in [4.78, 5) is 0.167. The minimum atomic E-state index is -3.50. The minimum absolute atomic E-state index is 0.167. The minimum Gasteiger partial charge on any atom is -0.397 e. The number of benzene rings is 1. The summed E-state index contributed by atoms with van der Waals surface area (Å²) < 4.78 is 28.0. The van der Waals surface area contributed by atoms with Gasteiger partial charge in [0.2, 0.25) is 10.0 Å². The molecule has 1 heterocycles. The van der Waals surface area contributed by atoms with Crippen molar-refractivity contribution in [3.63, 3.8) is 0 Å². The first-order chi connectivity index (χ1) is 9.42. The number of nitrogens with two attached hydrogens (primary N) is 1. The van der Waals surface area contributed by atoms with Crippen LogP contribution in [0.4, 0.5) is 17.1 Å². The molecule has 1 aromatic carbocycles. The molecule has 0 bridgehead atoms. The molecule has 7 nitrogen and oxygen atoms in total. The van der Waals surface area contributed by atoms with Crippen molar-refractivity contribution in [1.82, 2.24) is 14.5 Å². The number of anilines is 3. The zero-order valence-corrected chi connectivity index (χ0v) is 12.1. The first-order valence-corrected chi connectivity index (χ1v) is 7.55. The van der Waals surface area contributed by atoms with Crippen LogP contribution in [0.5, 0.6) is 0 Å². The van der Waals surface area contributed by atoms with Crippen LogP contribution in [0, 0.1) is 0 Å².